The van der Waals surface area contributed by atoms with Gasteiger partial charge >= 0.3 is 5.97 Å². The number of ether oxygens (including phenoxy) is 1. The highest BCUT2D eigenvalue weighted by Crippen LogP contribution is 2.30. The Hall–Kier alpha value is -3.15. The van der Waals surface area contributed by atoms with Crippen molar-refractivity contribution in [2.75, 3.05) is 0 Å². The fourth-order valence-corrected chi connectivity index (χ4v) is 2.61. The molecule has 2 aromatic rings. The first-order valence-corrected chi connectivity index (χ1v) is 7.50. The van der Waals surface area contributed by atoms with Crippen molar-refractivity contribution < 1.29 is 19.1 Å². The lowest BCUT2D eigenvalue weighted by Crippen LogP contribution is -2.40. The van der Waals surface area contributed by atoms with Crippen LogP contribution in [0.5, 0.6) is 0 Å². The summed E-state index contributed by atoms with van der Waals surface area (Å²) >= 11 is 0. The zero-order chi connectivity index (χ0) is 17.1. The molecule has 0 saturated carbocycles. The number of fused-ring (bicyclic) bond motifs is 1. The first-order valence-electron chi connectivity index (χ1n) is 7.50. The smallest absolute Gasteiger partial charge is 0.339 e. The molecular weight excluding hydrogens is 308 g/mol. The van der Waals surface area contributed by atoms with Gasteiger partial charge in [-0.25, -0.2) is 4.79 Å². The van der Waals surface area contributed by atoms with Crippen LogP contribution < -0.4 is 10.9 Å². The first-order chi connectivity index (χ1) is 11.5. The molecule has 122 valence electrons. The van der Waals surface area contributed by atoms with E-state index in [0.717, 1.165) is 11.1 Å². The van der Waals surface area contributed by atoms with Crippen LogP contribution in [0, 0.1) is 0 Å². The molecule has 0 aromatic heterocycles. The second-order valence-corrected chi connectivity index (χ2v) is 5.52. The molecule has 0 aliphatic carbocycles. The molecule has 1 heterocycles. The lowest BCUT2D eigenvalue weighted by molar-refractivity contribution is -0.119. The molecule has 2 N–H and O–H groups in total. The highest BCUT2D eigenvalue weighted by molar-refractivity contribution is 5.98. The molecule has 0 radical (unpaired) electrons. The quantitative estimate of drug-likeness (QED) is 0.653. The van der Waals surface area contributed by atoms with Gasteiger partial charge in [0.1, 0.15) is 6.10 Å². The Labute approximate surface area is 138 Å². The summed E-state index contributed by atoms with van der Waals surface area (Å²) in [5, 5.41) is 0. The Bertz CT molecular complexity index is 802. The fourth-order valence-electron chi connectivity index (χ4n) is 2.61. The molecule has 0 bridgehead atoms. The third-order valence-corrected chi connectivity index (χ3v) is 3.77. The van der Waals surface area contributed by atoms with Gasteiger partial charge in [-0.1, -0.05) is 30.3 Å². The van der Waals surface area contributed by atoms with Gasteiger partial charge in [0.15, 0.2) is 0 Å². The van der Waals surface area contributed by atoms with Crippen molar-refractivity contribution in [3.8, 4) is 0 Å². The fraction of sp³-hybridized carbons (Fsp3) is 0.167. The molecule has 6 nitrogen and oxygen atoms in total. The van der Waals surface area contributed by atoms with Gasteiger partial charge in [-0.15, -0.1) is 0 Å². The van der Waals surface area contributed by atoms with Crippen LogP contribution >= 0.6 is 0 Å². The van der Waals surface area contributed by atoms with E-state index in [4.69, 9.17) is 4.74 Å². The van der Waals surface area contributed by atoms with E-state index in [9.17, 15) is 14.4 Å². The second kappa shape index (κ2) is 6.54. The van der Waals surface area contributed by atoms with Crippen LogP contribution in [0.3, 0.4) is 0 Å². The number of amides is 2. The van der Waals surface area contributed by atoms with Gasteiger partial charge in [-0.3, -0.25) is 20.4 Å². The molecule has 6 heteroatoms. The monoisotopic (exact) mass is 324 g/mol. The Kier molecular flexibility index (Phi) is 4.29. The molecule has 1 atom stereocenters. The van der Waals surface area contributed by atoms with Crippen molar-refractivity contribution in [2.45, 2.75) is 19.4 Å². The molecule has 24 heavy (non-hydrogen) atoms. The number of nitrogens with one attached hydrogen (secondary N) is 2. The molecule has 1 aliphatic rings. The van der Waals surface area contributed by atoms with Crippen LogP contribution in [0.15, 0.2) is 48.5 Å². The van der Waals surface area contributed by atoms with Crippen LogP contribution in [0.2, 0.25) is 0 Å². The summed E-state index contributed by atoms with van der Waals surface area (Å²) in [5.41, 5.74) is 7.02. The van der Waals surface area contributed by atoms with Gasteiger partial charge in [-0.2, -0.15) is 0 Å². The summed E-state index contributed by atoms with van der Waals surface area (Å²) in [7, 11) is 0. The number of hydrogen-bond acceptors (Lipinski definition) is 4. The number of cyclic esters (lactones) is 1. The highest BCUT2D eigenvalue weighted by atomic mass is 16.5. The van der Waals surface area contributed by atoms with Gasteiger partial charge in [0.2, 0.25) is 5.91 Å². The molecule has 1 aliphatic heterocycles. The predicted octanol–water partition coefficient (Wildman–Crippen LogP) is 1.92. The zero-order valence-corrected chi connectivity index (χ0v) is 13.0. The van der Waals surface area contributed by atoms with Crippen LogP contribution in [-0.2, 0) is 16.0 Å². The van der Waals surface area contributed by atoms with E-state index in [1.165, 1.54) is 13.0 Å². The van der Waals surface area contributed by atoms with E-state index >= 15 is 0 Å². The van der Waals surface area contributed by atoms with E-state index in [0.29, 0.717) is 17.5 Å². The largest absolute Gasteiger partial charge is 0.454 e. The van der Waals surface area contributed by atoms with Crippen molar-refractivity contribution in [1.29, 1.82) is 0 Å². The van der Waals surface area contributed by atoms with Crippen molar-refractivity contribution >= 4 is 17.8 Å². The maximum Gasteiger partial charge on any atom is 0.339 e. The number of carbonyl (C=O) groups excluding carboxylic acids is 3. The minimum absolute atomic E-state index is 0.365. The Morgan fingerprint density at radius 1 is 1.08 bits per heavy atom. The summed E-state index contributed by atoms with van der Waals surface area (Å²) in [4.78, 5) is 35.1. The maximum absolute atomic E-state index is 12.2. The Balaban J connectivity index is 1.85. The van der Waals surface area contributed by atoms with E-state index in [1.807, 2.05) is 30.3 Å². The maximum atomic E-state index is 12.2. The SMILES string of the molecule is CC(=O)NNC(=O)c1ccc2c(c1)CC(c1ccccc1)OC2=O. The van der Waals surface area contributed by atoms with Crippen LogP contribution in [0.1, 0.15) is 44.9 Å². The normalized spacial score (nSPS) is 15.9. The first kappa shape index (κ1) is 15.7. The Morgan fingerprint density at radius 2 is 1.83 bits per heavy atom. The van der Waals surface area contributed by atoms with Crippen molar-refractivity contribution in [3.05, 3.63) is 70.8 Å². The number of rotatable bonds is 2. The number of hydrazine groups is 1. The van der Waals surface area contributed by atoms with E-state index in [1.54, 1.807) is 12.1 Å². The molecule has 2 aromatic carbocycles. The van der Waals surface area contributed by atoms with E-state index in [-0.39, 0.29) is 12.0 Å². The third-order valence-electron chi connectivity index (χ3n) is 3.77. The number of hydrogen-bond donors (Lipinski definition) is 2. The molecule has 1 unspecified atom stereocenters. The van der Waals surface area contributed by atoms with Crippen LogP contribution in [0.4, 0.5) is 0 Å². The third kappa shape index (κ3) is 3.27. The summed E-state index contributed by atoms with van der Waals surface area (Å²) in [6.45, 7) is 1.30. The van der Waals surface area contributed by atoms with E-state index < -0.39 is 11.9 Å². The highest BCUT2D eigenvalue weighted by Gasteiger charge is 2.28. The van der Waals surface area contributed by atoms with Crippen molar-refractivity contribution in [2.24, 2.45) is 0 Å². The lowest BCUT2D eigenvalue weighted by atomic mass is 9.93. The molecule has 0 saturated heterocycles. The van der Waals surface area contributed by atoms with Crippen molar-refractivity contribution in [3.63, 3.8) is 0 Å². The summed E-state index contributed by atoms with van der Waals surface area (Å²) in [6, 6.07) is 14.2. The summed E-state index contributed by atoms with van der Waals surface area (Å²) < 4.78 is 5.48. The molecule has 0 fully saturated rings. The minimum Gasteiger partial charge on any atom is -0.454 e. The van der Waals surface area contributed by atoms with Gasteiger partial charge < -0.3 is 4.74 Å². The van der Waals surface area contributed by atoms with Crippen molar-refractivity contribution in [1.82, 2.24) is 10.9 Å². The summed E-state index contributed by atoms with van der Waals surface area (Å²) in [6.07, 6.45) is 0.117. The van der Waals surface area contributed by atoms with Crippen LogP contribution in [-0.4, -0.2) is 17.8 Å². The van der Waals surface area contributed by atoms with Gasteiger partial charge in [-0.05, 0) is 29.3 Å². The van der Waals surface area contributed by atoms with Crippen LogP contribution in [0.25, 0.3) is 0 Å². The number of esters is 1. The van der Waals surface area contributed by atoms with E-state index in [2.05, 4.69) is 10.9 Å². The zero-order valence-electron chi connectivity index (χ0n) is 13.0. The topological polar surface area (TPSA) is 84.5 Å². The summed E-state index contributed by atoms with van der Waals surface area (Å²) in [5.74, 6) is -1.21. The molecule has 2 amide bonds. The number of benzene rings is 2. The standard InChI is InChI=1S/C18H16N2O4/c1-11(21)19-20-17(22)13-7-8-15-14(9-13)10-16(24-18(15)23)12-5-3-2-4-6-12/h2-9,16H,10H2,1H3,(H,19,21)(H,20,22). The molecule has 3 rings (SSSR count). The van der Waals surface area contributed by atoms with Gasteiger partial charge in [0, 0.05) is 18.9 Å². The molecule has 0 spiro atoms. The molecular formula is C18H16N2O4. The second-order valence-electron chi connectivity index (χ2n) is 5.52. The van der Waals surface area contributed by atoms with Gasteiger partial charge in [0.25, 0.3) is 5.91 Å². The average molecular weight is 324 g/mol. The predicted molar refractivity (Wildman–Crippen MR) is 86.0 cm³/mol. The number of carbonyl (C=O) groups is 3. The average Bonchev–Trinajstić information content (AvgIpc) is 2.59. The lowest BCUT2D eigenvalue weighted by Gasteiger charge is -2.25. The Morgan fingerprint density at radius 3 is 2.54 bits per heavy atom. The van der Waals surface area contributed by atoms with Gasteiger partial charge in [0.05, 0.1) is 5.56 Å². The minimum atomic E-state index is -0.441.